The molecule has 1 aromatic rings. The molecule has 0 radical (unpaired) electrons. The molecule has 0 saturated carbocycles. The topological polar surface area (TPSA) is 58.8 Å². The average Bonchev–Trinajstić information content (AvgIpc) is 2.49. The molecule has 5 heteroatoms. The van der Waals surface area contributed by atoms with E-state index in [1.165, 1.54) is 11.1 Å². The summed E-state index contributed by atoms with van der Waals surface area (Å²) in [7, 11) is 0. The van der Waals surface area contributed by atoms with Crippen LogP contribution in [0.3, 0.4) is 0 Å². The predicted octanol–water partition coefficient (Wildman–Crippen LogP) is 2.55. The van der Waals surface area contributed by atoms with Crippen LogP contribution in [0, 0.1) is 6.92 Å². The number of ether oxygens (including phenoxy) is 1. The van der Waals surface area contributed by atoms with E-state index < -0.39 is 5.60 Å². The average molecular weight is 319 g/mol. The molecule has 0 aromatic heterocycles. The SMILES string of the molecule is Cc1ccc(C(CN)N2CCN(C(=O)OC(C)(C)C)CC2)cc1. The van der Waals surface area contributed by atoms with Crippen LogP contribution in [-0.4, -0.2) is 54.2 Å². The summed E-state index contributed by atoms with van der Waals surface area (Å²) < 4.78 is 5.44. The summed E-state index contributed by atoms with van der Waals surface area (Å²) in [5.41, 5.74) is 8.04. The Morgan fingerprint density at radius 1 is 1.17 bits per heavy atom. The zero-order chi connectivity index (χ0) is 17.0. The molecule has 1 aromatic carbocycles. The molecule has 2 rings (SSSR count). The van der Waals surface area contributed by atoms with E-state index in [1.54, 1.807) is 4.90 Å². The van der Waals surface area contributed by atoms with E-state index in [4.69, 9.17) is 10.5 Å². The third kappa shape index (κ3) is 4.94. The van der Waals surface area contributed by atoms with E-state index in [0.717, 1.165) is 13.1 Å². The fourth-order valence-corrected chi connectivity index (χ4v) is 2.83. The maximum Gasteiger partial charge on any atom is 0.410 e. The van der Waals surface area contributed by atoms with Gasteiger partial charge in [0.1, 0.15) is 5.60 Å². The van der Waals surface area contributed by atoms with Crippen LogP contribution in [0.25, 0.3) is 0 Å². The van der Waals surface area contributed by atoms with Crippen molar-refractivity contribution in [1.82, 2.24) is 9.80 Å². The van der Waals surface area contributed by atoms with Crippen molar-refractivity contribution in [3.05, 3.63) is 35.4 Å². The number of hydrogen-bond acceptors (Lipinski definition) is 4. The molecule has 0 spiro atoms. The van der Waals surface area contributed by atoms with Crippen LogP contribution >= 0.6 is 0 Å². The monoisotopic (exact) mass is 319 g/mol. The van der Waals surface area contributed by atoms with Gasteiger partial charge in [0.05, 0.1) is 0 Å². The quantitative estimate of drug-likeness (QED) is 0.930. The highest BCUT2D eigenvalue weighted by molar-refractivity contribution is 5.68. The number of benzene rings is 1. The number of amides is 1. The number of hydrogen-bond donors (Lipinski definition) is 1. The lowest BCUT2D eigenvalue weighted by Gasteiger charge is -2.39. The minimum atomic E-state index is -0.449. The third-order valence-corrected chi connectivity index (χ3v) is 4.09. The molecule has 2 N–H and O–H groups in total. The van der Waals surface area contributed by atoms with Crippen LogP contribution in [0.15, 0.2) is 24.3 Å². The zero-order valence-corrected chi connectivity index (χ0v) is 14.7. The number of nitrogens with zero attached hydrogens (tertiary/aromatic N) is 2. The van der Waals surface area contributed by atoms with E-state index >= 15 is 0 Å². The van der Waals surface area contributed by atoms with Gasteiger partial charge >= 0.3 is 6.09 Å². The third-order valence-electron chi connectivity index (χ3n) is 4.09. The molecule has 0 aliphatic carbocycles. The minimum Gasteiger partial charge on any atom is -0.444 e. The minimum absolute atomic E-state index is 0.205. The number of nitrogens with two attached hydrogens (primary N) is 1. The molecule has 0 bridgehead atoms. The Hall–Kier alpha value is -1.59. The molecule has 1 aliphatic heterocycles. The standard InChI is InChI=1S/C18H29N3O2/c1-14-5-7-15(8-6-14)16(13-19)20-9-11-21(12-10-20)17(22)23-18(2,3)4/h5-8,16H,9-13,19H2,1-4H3. The van der Waals surface area contributed by atoms with Crippen molar-refractivity contribution in [3.63, 3.8) is 0 Å². The van der Waals surface area contributed by atoms with E-state index in [2.05, 4.69) is 36.1 Å². The predicted molar refractivity (Wildman–Crippen MR) is 92.4 cm³/mol. The number of aryl methyl sites for hydroxylation is 1. The highest BCUT2D eigenvalue weighted by Gasteiger charge is 2.28. The first-order valence-electron chi connectivity index (χ1n) is 8.29. The van der Waals surface area contributed by atoms with Crippen LogP contribution in [0.1, 0.15) is 37.9 Å². The number of piperazine rings is 1. The van der Waals surface area contributed by atoms with Gasteiger partial charge in [-0.3, -0.25) is 4.90 Å². The van der Waals surface area contributed by atoms with Gasteiger partial charge in [0, 0.05) is 38.8 Å². The molecule has 1 saturated heterocycles. The molecule has 1 atom stereocenters. The summed E-state index contributed by atoms with van der Waals surface area (Å²) in [5, 5.41) is 0. The summed E-state index contributed by atoms with van der Waals surface area (Å²) in [5.74, 6) is 0. The van der Waals surface area contributed by atoms with Gasteiger partial charge in [-0.05, 0) is 33.3 Å². The Labute approximate surface area is 139 Å². The van der Waals surface area contributed by atoms with Crippen LogP contribution in [0.5, 0.6) is 0 Å². The Morgan fingerprint density at radius 2 is 1.74 bits per heavy atom. The summed E-state index contributed by atoms with van der Waals surface area (Å²) in [4.78, 5) is 16.3. The van der Waals surface area contributed by atoms with E-state index in [9.17, 15) is 4.79 Å². The Bertz CT molecular complexity index is 514. The van der Waals surface area contributed by atoms with Crippen molar-refractivity contribution < 1.29 is 9.53 Å². The second-order valence-corrected chi connectivity index (χ2v) is 7.17. The maximum atomic E-state index is 12.1. The number of rotatable bonds is 3. The van der Waals surface area contributed by atoms with Crippen molar-refractivity contribution in [2.75, 3.05) is 32.7 Å². The summed E-state index contributed by atoms with van der Waals surface area (Å²) in [6.07, 6.45) is -0.225. The smallest absolute Gasteiger partial charge is 0.410 e. The maximum absolute atomic E-state index is 12.1. The van der Waals surface area contributed by atoms with Gasteiger partial charge in [-0.15, -0.1) is 0 Å². The van der Waals surface area contributed by atoms with Crippen molar-refractivity contribution in [2.24, 2.45) is 5.73 Å². The zero-order valence-electron chi connectivity index (χ0n) is 14.7. The molecule has 1 amide bonds. The highest BCUT2D eigenvalue weighted by Crippen LogP contribution is 2.22. The summed E-state index contributed by atoms with van der Waals surface area (Å²) in [6, 6.07) is 8.74. The van der Waals surface area contributed by atoms with Crippen LogP contribution in [-0.2, 0) is 4.74 Å². The van der Waals surface area contributed by atoms with Gasteiger partial charge in [-0.1, -0.05) is 29.8 Å². The van der Waals surface area contributed by atoms with Gasteiger partial charge in [0.2, 0.25) is 0 Å². The lowest BCUT2D eigenvalue weighted by Crippen LogP contribution is -2.51. The Kier molecular flexibility index (Phi) is 5.65. The molecule has 1 unspecified atom stereocenters. The number of carbonyl (C=O) groups excluding carboxylic acids is 1. The highest BCUT2D eigenvalue weighted by atomic mass is 16.6. The van der Waals surface area contributed by atoms with Crippen LogP contribution in [0.2, 0.25) is 0 Å². The Balaban J connectivity index is 1.94. The van der Waals surface area contributed by atoms with Crippen LogP contribution in [0.4, 0.5) is 4.79 Å². The lowest BCUT2D eigenvalue weighted by molar-refractivity contribution is 0.0106. The fraction of sp³-hybridized carbons (Fsp3) is 0.611. The van der Waals surface area contributed by atoms with Gasteiger partial charge < -0.3 is 15.4 Å². The lowest BCUT2D eigenvalue weighted by atomic mass is 10.0. The fourth-order valence-electron chi connectivity index (χ4n) is 2.83. The van der Waals surface area contributed by atoms with E-state index in [0.29, 0.717) is 19.6 Å². The summed E-state index contributed by atoms with van der Waals surface area (Å²) >= 11 is 0. The first-order valence-corrected chi connectivity index (χ1v) is 8.29. The Morgan fingerprint density at radius 3 is 2.22 bits per heavy atom. The van der Waals surface area contributed by atoms with Gasteiger partial charge in [0.15, 0.2) is 0 Å². The van der Waals surface area contributed by atoms with Crippen molar-refractivity contribution in [1.29, 1.82) is 0 Å². The largest absolute Gasteiger partial charge is 0.444 e. The molecule has 5 nitrogen and oxygen atoms in total. The van der Waals surface area contributed by atoms with E-state index in [1.807, 2.05) is 20.8 Å². The second kappa shape index (κ2) is 7.32. The van der Waals surface area contributed by atoms with Gasteiger partial charge in [0.25, 0.3) is 0 Å². The molecular weight excluding hydrogens is 290 g/mol. The first kappa shape index (κ1) is 17.8. The molecule has 23 heavy (non-hydrogen) atoms. The molecule has 1 aliphatic rings. The van der Waals surface area contributed by atoms with Gasteiger partial charge in [-0.25, -0.2) is 4.79 Å². The summed E-state index contributed by atoms with van der Waals surface area (Å²) in [6.45, 7) is 11.3. The molecular formula is C18H29N3O2. The second-order valence-electron chi connectivity index (χ2n) is 7.17. The van der Waals surface area contributed by atoms with Crippen molar-refractivity contribution in [3.8, 4) is 0 Å². The first-order chi connectivity index (χ1) is 10.8. The number of carbonyl (C=O) groups is 1. The van der Waals surface area contributed by atoms with Crippen LogP contribution < -0.4 is 5.73 Å². The van der Waals surface area contributed by atoms with Crippen molar-refractivity contribution >= 4 is 6.09 Å². The normalized spacial score (nSPS) is 17.9. The van der Waals surface area contributed by atoms with Crippen molar-refractivity contribution in [2.45, 2.75) is 39.3 Å². The van der Waals surface area contributed by atoms with E-state index in [-0.39, 0.29) is 12.1 Å². The van der Waals surface area contributed by atoms with Gasteiger partial charge in [-0.2, -0.15) is 0 Å². The molecule has 128 valence electrons. The molecule has 1 heterocycles. The molecule has 1 fully saturated rings.